The maximum absolute atomic E-state index is 6.37. The first kappa shape index (κ1) is 14.6. The van der Waals surface area contributed by atoms with Crippen molar-refractivity contribution in [2.45, 2.75) is 47.1 Å². The third-order valence-electron chi connectivity index (χ3n) is 3.40. The van der Waals surface area contributed by atoms with Gasteiger partial charge in [0.25, 0.3) is 0 Å². The molecule has 0 spiro atoms. The van der Waals surface area contributed by atoms with Crippen LogP contribution < -0.4 is 5.73 Å². The predicted octanol–water partition coefficient (Wildman–Crippen LogP) is 4.05. The molecule has 3 heteroatoms. The van der Waals surface area contributed by atoms with Crippen molar-refractivity contribution in [3.05, 3.63) is 35.7 Å². The maximum Gasteiger partial charge on any atom is 0.131 e. The molecule has 0 saturated carbocycles. The van der Waals surface area contributed by atoms with Crippen molar-refractivity contribution in [1.82, 2.24) is 9.55 Å². The summed E-state index contributed by atoms with van der Waals surface area (Å²) in [5.74, 6) is 2.47. The molecule has 20 heavy (non-hydrogen) atoms. The van der Waals surface area contributed by atoms with E-state index in [0.29, 0.717) is 5.92 Å². The Morgan fingerprint density at radius 2 is 2.05 bits per heavy atom. The highest BCUT2D eigenvalue weighted by Crippen LogP contribution is 2.28. The van der Waals surface area contributed by atoms with Gasteiger partial charge in [-0.05, 0) is 25.3 Å². The zero-order valence-corrected chi connectivity index (χ0v) is 13.0. The third-order valence-corrected chi connectivity index (χ3v) is 3.40. The summed E-state index contributed by atoms with van der Waals surface area (Å²) in [6, 6.07) is 8.39. The molecule has 2 aromatic rings. The fraction of sp³-hybridized carbons (Fsp3) is 0.471. The van der Waals surface area contributed by atoms with Gasteiger partial charge in [-0.1, -0.05) is 44.5 Å². The van der Waals surface area contributed by atoms with Crippen LogP contribution in [-0.4, -0.2) is 9.55 Å². The lowest BCUT2D eigenvalue weighted by Gasteiger charge is -2.12. The Bertz CT molecular complexity index is 582. The molecule has 108 valence electrons. The van der Waals surface area contributed by atoms with E-state index in [-0.39, 0.29) is 0 Å². The fourth-order valence-corrected chi connectivity index (χ4v) is 2.50. The minimum absolute atomic E-state index is 0.562. The number of hydrogen-bond donors (Lipinski definition) is 1. The molecule has 2 rings (SSSR count). The van der Waals surface area contributed by atoms with Crippen LogP contribution in [0.25, 0.3) is 11.3 Å². The van der Waals surface area contributed by atoms with E-state index in [1.54, 1.807) is 0 Å². The van der Waals surface area contributed by atoms with E-state index in [4.69, 9.17) is 10.7 Å². The molecule has 0 aliphatic rings. The zero-order valence-electron chi connectivity index (χ0n) is 13.0. The number of anilines is 1. The lowest BCUT2D eigenvalue weighted by molar-refractivity contribution is 0.510. The van der Waals surface area contributed by atoms with Crippen molar-refractivity contribution in [2.24, 2.45) is 5.92 Å². The molecular formula is C17H25N3. The van der Waals surface area contributed by atoms with E-state index < -0.39 is 0 Å². The number of nitrogen functional groups attached to an aromatic ring is 1. The van der Waals surface area contributed by atoms with Crippen molar-refractivity contribution in [3.63, 3.8) is 0 Å². The van der Waals surface area contributed by atoms with E-state index in [0.717, 1.165) is 42.3 Å². The largest absolute Gasteiger partial charge is 0.383 e. The molecule has 0 fully saturated rings. The molecule has 3 nitrogen and oxygen atoms in total. The van der Waals surface area contributed by atoms with E-state index in [2.05, 4.69) is 56.5 Å². The number of benzene rings is 1. The normalized spacial score (nSPS) is 11.2. The Kier molecular flexibility index (Phi) is 4.48. The summed E-state index contributed by atoms with van der Waals surface area (Å²) in [5.41, 5.74) is 9.64. The number of hydrogen-bond acceptors (Lipinski definition) is 2. The second-order valence-electron chi connectivity index (χ2n) is 5.89. The smallest absolute Gasteiger partial charge is 0.131 e. The monoisotopic (exact) mass is 271 g/mol. The average Bonchev–Trinajstić information content (AvgIpc) is 2.68. The summed E-state index contributed by atoms with van der Waals surface area (Å²) in [6.07, 6.45) is 2.06. The van der Waals surface area contributed by atoms with Crippen LogP contribution in [0.4, 0.5) is 5.82 Å². The van der Waals surface area contributed by atoms with Crippen LogP contribution in [0.3, 0.4) is 0 Å². The molecule has 0 saturated heterocycles. The van der Waals surface area contributed by atoms with E-state index in [1.807, 2.05) is 0 Å². The second-order valence-corrected chi connectivity index (χ2v) is 5.89. The van der Waals surface area contributed by atoms with Crippen LogP contribution in [0.1, 0.15) is 38.6 Å². The molecular weight excluding hydrogens is 246 g/mol. The molecule has 0 bridgehead atoms. The van der Waals surface area contributed by atoms with Crippen molar-refractivity contribution in [2.75, 3.05) is 5.73 Å². The lowest BCUT2D eigenvalue weighted by atomic mass is 10.1. The molecule has 0 amide bonds. The summed E-state index contributed by atoms with van der Waals surface area (Å²) < 4.78 is 2.19. The highest BCUT2D eigenvalue weighted by molar-refractivity contribution is 5.71. The maximum atomic E-state index is 6.37. The van der Waals surface area contributed by atoms with Gasteiger partial charge in [0.15, 0.2) is 0 Å². The van der Waals surface area contributed by atoms with Gasteiger partial charge in [0.05, 0.1) is 0 Å². The van der Waals surface area contributed by atoms with Crippen LogP contribution >= 0.6 is 0 Å². The molecule has 2 N–H and O–H groups in total. The van der Waals surface area contributed by atoms with Crippen molar-refractivity contribution < 1.29 is 0 Å². The van der Waals surface area contributed by atoms with Gasteiger partial charge in [0.1, 0.15) is 17.3 Å². The van der Waals surface area contributed by atoms with Crippen LogP contribution in [0.5, 0.6) is 0 Å². The summed E-state index contributed by atoms with van der Waals surface area (Å²) in [7, 11) is 0. The Hall–Kier alpha value is -1.77. The Morgan fingerprint density at radius 3 is 2.65 bits per heavy atom. The fourth-order valence-electron chi connectivity index (χ4n) is 2.50. The number of aromatic nitrogens is 2. The number of nitrogens with two attached hydrogens (primary N) is 1. The Labute approximate surface area is 121 Å². The lowest BCUT2D eigenvalue weighted by Crippen LogP contribution is -2.11. The highest BCUT2D eigenvalue weighted by Gasteiger charge is 2.16. The summed E-state index contributed by atoms with van der Waals surface area (Å²) in [6.45, 7) is 9.62. The molecule has 1 aromatic carbocycles. The Balaban J connectivity index is 2.49. The predicted molar refractivity (Wildman–Crippen MR) is 85.6 cm³/mol. The van der Waals surface area contributed by atoms with Crippen LogP contribution in [0.2, 0.25) is 0 Å². The molecule has 0 aliphatic heterocycles. The van der Waals surface area contributed by atoms with Crippen molar-refractivity contribution in [3.8, 4) is 11.3 Å². The molecule has 1 aromatic heterocycles. The first-order chi connectivity index (χ1) is 9.52. The minimum atomic E-state index is 0.562. The van der Waals surface area contributed by atoms with Crippen LogP contribution in [0, 0.1) is 12.8 Å². The zero-order chi connectivity index (χ0) is 14.7. The quantitative estimate of drug-likeness (QED) is 0.891. The van der Waals surface area contributed by atoms with Gasteiger partial charge in [0.2, 0.25) is 0 Å². The third kappa shape index (κ3) is 3.03. The molecule has 0 radical (unpaired) electrons. The molecule has 0 aliphatic carbocycles. The SMILES string of the molecule is CCCc1nc(-c2cccc(C)c2)c(N)n1CC(C)C. The van der Waals surface area contributed by atoms with Gasteiger partial charge < -0.3 is 10.3 Å². The van der Waals surface area contributed by atoms with Gasteiger partial charge >= 0.3 is 0 Å². The van der Waals surface area contributed by atoms with Gasteiger partial charge in [-0.15, -0.1) is 0 Å². The number of nitrogens with zero attached hydrogens (tertiary/aromatic N) is 2. The van der Waals surface area contributed by atoms with Crippen LogP contribution in [-0.2, 0) is 13.0 Å². The summed E-state index contributed by atoms with van der Waals surface area (Å²) >= 11 is 0. The second kappa shape index (κ2) is 6.12. The van der Waals surface area contributed by atoms with Gasteiger partial charge in [-0.25, -0.2) is 4.98 Å². The van der Waals surface area contributed by atoms with Gasteiger partial charge in [-0.2, -0.15) is 0 Å². The first-order valence-electron chi connectivity index (χ1n) is 7.44. The standard InChI is InChI=1S/C17H25N3/c1-5-7-15-19-16(14-9-6-8-13(4)10-14)17(18)20(15)11-12(2)3/h6,8-10,12H,5,7,11,18H2,1-4H3. The summed E-state index contributed by atoms with van der Waals surface area (Å²) in [5, 5.41) is 0. The van der Waals surface area contributed by atoms with Crippen molar-refractivity contribution >= 4 is 5.82 Å². The van der Waals surface area contributed by atoms with Gasteiger partial charge in [-0.3, -0.25) is 0 Å². The minimum Gasteiger partial charge on any atom is -0.383 e. The van der Waals surface area contributed by atoms with Gasteiger partial charge in [0, 0.05) is 18.5 Å². The number of aryl methyl sites for hydroxylation is 2. The molecule has 0 atom stereocenters. The number of rotatable bonds is 5. The topological polar surface area (TPSA) is 43.8 Å². The first-order valence-corrected chi connectivity index (χ1v) is 7.44. The number of imidazole rings is 1. The average molecular weight is 271 g/mol. The van der Waals surface area contributed by atoms with E-state index in [9.17, 15) is 0 Å². The van der Waals surface area contributed by atoms with Crippen molar-refractivity contribution in [1.29, 1.82) is 0 Å². The van der Waals surface area contributed by atoms with E-state index in [1.165, 1.54) is 5.56 Å². The highest BCUT2D eigenvalue weighted by atomic mass is 15.1. The Morgan fingerprint density at radius 1 is 1.30 bits per heavy atom. The molecule has 0 unspecified atom stereocenters. The molecule has 1 heterocycles. The summed E-state index contributed by atoms with van der Waals surface area (Å²) in [4.78, 5) is 4.80. The van der Waals surface area contributed by atoms with Crippen LogP contribution in [0.15, 0.2) is 24.3 Å². The van der Waals surface area contributed by atoms with E-state index >= 15 is 0 Å².